The summed E-state index contributed by atoms with van der Waals surface area (Å²) in [4.78, 5) is 30.8. The van der Waals surface area contributed by atoms with Gasteiger partial charge in [0.15, 0.2) is 12.3 Å². The van der Waals surface area contributed by atoms with Gasteiger partial charge in [-0.25, -0.2) is 9.78 Å². The predicted octanol–water partition coefficient (Wildman–Crippen LogP) is 0.586. The summed E-state index contributed by atoms with van der Waals surface area (Å²) in [6, 6.07) is 2.13. The standard InChI is InChI=1S/C13H14N4O3/c14-9-13(3-1-2-4-13)17-11(18)8-20-12(19)10-7-15-5-6-16-10/h5-7H,1-4,8H2,(H,17,18). The number of aromatic nitrogens is 2. The SMILES string of the molecule is N#CC1(NC(=O)COC(=O)c2cnccn2)CCCC1. The van der Waals surface area contributed by atoms with Gasteiger partial charge in [0.25, 0.3) is 5.91 Å². The molecule has 1 aromatic heterocycles. The van der Waals surface area contributed by atoms with Crippen LogP contribution in [0.3, 0.4) is 0 Å². The van der Waals surface area contributed by atoms with Crippen LogP contribution in [0.25, 0.3) is 0 Å². The van der Waals surface area contributed by atoms with Crippen molar-refractivity contribution in [1.29, 1.82) is 5.26 Å². The summed E-state index contributed by atoms with van der Waals surface area (Å²) in [5.41, 5.74) is -0.771. The Kier molecular flexibility index (Phi) is 4.25. The van der Waals surface area contributed by atoms with Gasteiger partial charge in [-0.3, -0.25) is 9.78 Å². The van der Waals surface area contributed by atoms with Gasteiger partial charge >= 0.3 is 5.97 Å². The van der Waals surface area contributed by atoms with E-state index in [0.29, 0.717) is 12.8 Å². The molecule has 1 saturated carbocycles. The van der Waals surface area contributed by atoms with Gasteiger partial charge in [-0.1, -0.05) is 0 Å². The van der Waals surface area contributed by atoms with Crippen LogP contribution in [0.15, 0.2) is 18.6 Å². The number of nitrogens with one attached hydrogen (secondary N) is 1. The maximum Gasteiger partial charge on any atom is 0.359 e. The number of amides is 1. The Bertz CT molecular complexity index is 532. The molecule has 1 N–H and O–H groups in total. The Balaban J connectivity index is 1.84. The van der Waals surface area contributed by atoms with Crippen LogP contribution in [0.4, 0.5) is 0 Å². The Morgan fingerprint density at radius 2 is 2.15 bits per heavy atom. The van der Waals surface area contributed by atoms with Gasteiger partial charge in [-0.2, -0.15) is 5.26 Å². The van der Waals surface area contributed by atoms with E-state index in [1.807, 2.05) is 0 Å². The maximum absolute atomic E-state index is 11.7. The molecule has 0 spiro atoms. The smallest absolute Gasteiger partial charge is 0.359 e. The van der Waals surface area contributed by atoms with Gasteiger partial charge in [-0.05, 0) is 25.7 Å². The first-order valence-electron chi connectivity index (χ1n) is 6.31. The van der Waals surface area contributed by atoms with Crippen LogP contribution in [0.2, 0.25) is 0 Å². The molecule has 1 amide bonds. The number of nitriles is 1. The summed E-state index contributed by atoms with van der Waals surface area (Å²) in [6.45, 7) is -0.432. The molecule has 0 bridgehead atoms. The topological polar surface area (TPSA) is 105 Å². The van der Waals surface area contributed by atoms with Crippen molar-refractivity contribution >= 4 is 11.9 Å². The van der Waals surface area contributed by atoms with Gasteiger partial charge < -0.3 is 10.1 Å². The molecule has 1 heterocycles. The van der Waals surface area contributed by atoms with E-state index in [1.54, 1.807) is 0 Å². The van der Waals surface area contributed by atoms with E-state index >= 15 is 0 Å². The fourth-order valence-electron chi connectivity index (χ4n) is 2.16. The average Bonchev–Trinajstić information content (AvgIpc) is 2.95. The highest BCUT2D eigenvalue weighted by atomic mass is 16.5. The van der Waals surface area contributed by atoms with E-state index in [2.05, 4.69) is 21.4 Å². The molecule has 1 aliphatic carbocycles. The normalized spacial score (nSPS) is 16.1. The molecule has 0 radical (unpaired) electrons. The number of esters is 1. The first-order valence-corrected chi connectivity index (χ1v) is 6.31. The summed E-state index contributed by atoms with van der Waals surface area (Å²) in [5, 5.41) is 11.8. The zero-order chi connectivity index (χ0) is 14.4. The molecule has 7 heteroatoms. The lowest BCUT2D eigenvalue weighted by Crippen LogP contribution is -2.46. The Morgan fingerprint density at radius 1 is 1.40 bits per heavy atom. The Labute approximate surface area is 116 Å². The van der Waals surface area contributed by atoms with Crippen molar-refractivity contribution in [3.8, 4) is 6.07 Å². The van der Waals surface area contributed by atoms with E-state index < -0.39 is 24.0 Å². The number of nitrogens with zero attached hydrogens (tertiary/aromatic N) is 3. The Morgan fingerprint density at radius 3 is 2.75 bits per heavy atom. The zero-order valence-electron chi connectivity index (χ0n) is 10.8. The average molecular weight is 274 g/mol. The van der Waals surface area contributed by atoms with Crippen molar-refractivity contribution in [3.05, 3.63) is 24.3 Å². The van der Waals surface area contributed by atoms with Gasteiger partial charge in [0.1, 0.15) is 5.54 Å². The quantitative estimate of drug-likeness (QED) is 0.805. The molecule has 1 aromatic rings. The third kappa shape index (κ3) is 3.29. The number of carbonyl (C=O) groups is 2. The van der Waals surface area contributed by atoms with Gasteiger partial charge in [0.2, 0.25) is 0 Å². The van der Waals surface area contributed by atoms with Crippen LogP contribution < -0.4 is 5.32 Å². The van der Waals surface area contributed by atoms with Crippen molar-refractivity contribution in [2.45, 2.75) is 31.2 Å². The van der Waals surface area contributed by atoms with Crippen LogP contribution in [0.5, 0.6) is 0 Å². The van der Waals surface area contributed by atoms with E-state index in [1.165, 1.54) is 18.6 Å². The number of hydrogen-bond acceptors (Lipinski definition) is 6. The monoisotopic (exact) mass is 274 g/mol. The summed E-state index contributed by atoms with van der Waals surface area (Å²) < 4.78 is 4.83. The molecule has 7 nitrogen and oxygen atoms in total. The van der Waals surface area contributed by atoms with E-state index in [-0.39, 0.29) is 5.69 Å². The minimum absolute atomic E-state index is 0.0381. The van der Waals surface area contributed by atoms with Crippen molar-refractivity contribution in [3.63, 3.8) is 0 Å². The summed E-state index contributed by atoms with van der Waals surface area (Å²) in [6.07, 6.45) is 7.13. The van der Waals surface area contributed by atoms with Crippen molar-refractivity contribution < 1.29 is 14.3 Å². The summed E-state index contributed by atoms with van der Waals surface area (Å²) >= 11 is 0. The molecular weight excluding hydrogens is 260 g/mol. The van der Waals surface area contributed by atoms with Crippen molar-refractivity contribution in [2.75, 3.05) is 6.61 Å². The van der Waals surface area contributed by atoms with Crippen LogP contribution in [0, 0.1) is 11.3 Å². The molecule has 20 heavy (non-hydrogen) atoms. The van der Waals surface area contributed by atoms with Gasteiger partial charge in [-0.15, -0.1) is 0 Å². The maximum atomic E-state index is 11.7. The van der Waals surface area contributed by atoms with Gasteiger partial charge in [0.05, 0.1) is 12.3 Å². The van der Waals surface area contributed by atoms with Crippen LogP contribution in [0.1, 0.15) is 36.2 Å². The molecule has 1 aliphatic rings. The molecule has 0 atom stereocenters. The largest absolute Gasteiger partial charge is 0.451 e. The number of carbonyl (C=O) groups excluding carboxylic acids is 2. The molecule has 2 rings (SSSR count). The lowest BCUT2D eigenvalue weighted by atomic mass is 10.00. The van der Waals surface area contributed by atoms with Crippen LogP contribution in [-0.4, -0.2) is 34.0 Å². The highest BCUT2D eigenvalue weighted by molar-refractivity contribution is 5.89. The number of ether oxygens (including phenoxy) is 1. The minimum atomic E-state index is -0.809. The lowest BCUT2D eigenvalue weighted by Gasteiger charge is -2.21. The van der Waals surface area contributed by atoms with E-state index in [9.17, 15) is 9.59 Å². The first-order chi connectivity index (χ1) is 9.65. The highest BCUT2D eigenvalue weighted by Gasteiger charge is 2.35. The van der Waals surface area contributed by atoms with Crippen LogP contribution >= 0.6 is 0 Å². The van der Waals surface area contributed by atoms with Crippen molar-refractivity contribution in [2.24, 2.45) is 0 Å². The van der Waals surface area contributed by atoms with E-state index in [0.717, 1.165) is 12.8 Å². The number of rotatable bonds is 4. The second-order valence-corrected chi connectivity index (χ2v) is 4.62. The second kappa shape index (κ2) is 6.10. The minimum Gasteiger partial charge on any atom is -0.451 e. The fourth-order valence-corrected chi connectivity index (χ4v) is 2.16. The molecule has 1 fully saturated rings. The summed E-state index contributed by atoms with van der Waals surface area (Å²) in [7, 11) is 0. The molecule has 0 saturated heterocycles. The molecule has 0 aliphatic heterocycles. The molecule has 0 aromatic carbocycles. The van der Waals surface area contributed by atoms with Gasteiger partial charge in [0, 0.05) is 12.4 Å². The Hall–Kier alpha value is -2.49. The lowest BCUT2D eigenvalue weighted by molar-refractivity contribution is -0.125. The van der Waals surface area contributed by atoms with Crippen molar-refractivity contribution in [1.82, 2.24) is 15.3 Å². The predicted molar refractivity (Wildman–Crippen MR) is 67.3 cm³/mol. The third-order valence-electron chi connectivity index (χ3n) is 3.16. The van der Waals surface area contributed by atoms with Crippen LogP contribution in [-0.2, 0) is 9.53 Å². The number of hydrogen-bond donors (Lipinski definition) is 1. The third-order valence-corrected chi connectivity index (χ3v) is 3.16. The fraction of sp³-hybridized carbons (Fsp3) is 0.462. The molecule has 104 valence electrons. The zero-order valence-corrected chi connectivity index (χ0v) is 10.8. The molecule has 0 unspecified atom stereocenters. The highest BCUT2D eigenvalue weighted by Crippen LogP contribution is 2.28. The van der Waals surface area contributed by atoms with E-state index in [4.69, 9.17) is 10.00 Å². The summed E-state index contributed by atoms with van der Waals surface area (Å²) in [5.74, 6) is -1.20. The molecular formula is C13H14N4O3. The first kappa shape index (κ1) is 13.9. The second-order valence-electron chi connectivity index (χ2n) is 4.62.